The van der Waals surface area contributed by atoms with Gasteiger partial charge in [0.1, 0.15) is 17.4 Å². The van der Waals surface area contributed by atoms with Gasteiger partial charge < -0.3 is 15.0 Å². The molecule has 0 radical (unpaired) electrons. The number of carbonyl (C=O) groups excluding carboxylic acids is 2. The third-order valence-electron chi connectivity index (χ3n) is 7.02. The van der Waals surface area contributed by atoms with Crippen LogP contribution < -0.4 is 10.1 Å². The van der Waals surface area contributed by atoms with E-state index in [0.29, 0.717) is 31.8 Å². The first-order valence-electron chi connectivity index (χ1n) is 13.2. The molecule has 2 amide bonds. The monoisotopic (exact) mass is 520 g/mol. The summed E-state index contributed by atoms with van der Waals surface area (Å²) >= 11 is 0. The molecule has 0 spiro atoms. The molecule has 200 valence electrons. The zero-order chi connectivity index (χ0) is 26.7. The van der Waals surface area contributed by atoms with Gasteiger partial charge in [0.2, 0.25) is 5.91 Å². The molecule has 0 aromatic heterocycles. The van der Waals surface area contributed by atoms with Crippen molar-refractivity contribution in [2.75, 3.05) is 26.2 Å². The summed E-state index contributed by atoms with van der Waals surface area (Å²) in [5.41, 5.74) is 1.95. The van der Waals surface area contributed by atoms with E-state index in [2.05, 4.69) is 5.32 Å². The highest BCUT2D eigenvalue weighted by molar-refractivity contribution is 5.78. The van der Waals surface area contributed by atoms with Crippen molar-refractivity contribution in [2.45, 2.75) is 38.0 Å². The lowest BCUT2D eigenvalue weighted by molar-refractivity contribution is -0.130. The van der Waals surface area contributed by atoms with Gasteiger partial charge in [-0.2, -0.15) is 0 Å². The summed E-state index contributed by atoms with van der Waals surface area (Å²) in [7, 11) is 0. The molecule has 1 heterocycles. The summed E-state index contributed by atoms with van der Waals surface area (Å²) in [4.78, 5) is 26.8. The number of amides is 2. The van der Waals surface area contributed by atoms with Crippen LogP contribution >= 0.6 is 0 Å². The highest BCUT2D eigenvalue weighted by Crippen LogP contribution is 2.30. The predicted octanol–water partition coefficient (Wildman–Crippen LogP) is 5.70. The van der Waals surface area contributed by atoms with Gasteiger partial charge in [-0.3, -0.25) is 9.59 Å². The molecule has 1 atom stereocenters. The molecule has 3 aromatic rings. The lowest BCUT2D eigenvalue weighted by atomic mass is 9.87. The maximum Gasteiger partial charge on any atom is 0.257 e. The second kappa shape index (κ2) is 13.7. The van der Waals surface area contributed by atoms with E-state index in [1.807, 2.05) is 23.1 Å². The maximum atomic E-state index is 13.4. The Morgan fingerprint density at radius 2 is 1.53 bits per heavy atom. The van der Waals surface area contributed by atoms with Crippen molar-refractivity contribution in [3.8, 4) is 5.75 Å². The minimum Gasteiger partial charge on any atom is -0.484 e. The normalized spacial score (nSPS) is 15.0. The highest BCUT2D eigenvalue weighted by Gasteiger charge is 2.26. The maximum absolute atomic E-state index is 13.4. The van der Waals surface area contributed by atoms with E-state index in [0.717, 1.165) is 36.8 Å². The average Bonchev–Trinajstić information content (AvgIpc) is 3.42. The minimum absolute atomic E-state index is 0.0111. The number of hydrogen-bond donors (Lipinski definition) is 1. The van der Waals surface area contributed by atoms with Crippen LogP contribution in [0.4, 0.5) is 8.78 Å². The molecule has 38 heavy (non-hydrogen) atoms. The summed E-state index contributed by atoms with van der Waals surface area (Å²) in [5, 5.41) is 2.91. The van der Waals surface area contributed by atoms with Crippen LogP contribution in [0.1, 0.15) is 49.1 Å². The summed E-state index contributed by atoms with van der Waals surface area (Å²) in [5.74, 6) is 0.282. The standard InChI is InChI=1S/C31H34F2N2O3/c32-26-14-10-24(11-15-26)29(25-12-16-27(33)17-13-25)8-4-5-9-31(37)35-19-18-23(21-35)20-34-30(36)22-38-28-6-2-1-3-7-28/h1-3,6-7,10-17,23,29H,4-5,8-9,18-22H2,(H,34,36). The van der Waals surface area contributed by atoms with Crippen LogP contribution in [-0.2, 0) is 9.59 Å². The fourth-order valence-electron chi connectivity index (χ4n) is 4.90. The number of ether oxygens (including phenoxy) is 1. The fraction of sp³-hybridized carbons (Fsp3) is 0.355. The molecular weight excluding hydrogens is 486 g/mol. The van der Waals surface area contributed by atoms with Gasteiger partial charge in [0.05, 0.1) is 0 Å². The number of nitrogens with zero attached hydrogens (tertiary/aromatic N) is 1. The molecule has 1 aliphatic heterocycles. The largest absolute Gasteiger partial charge is 0.484 e. The van der Waals surface area contributed by atoms with E-state index in [-0.39, 0.29) is 41.9 Å². The smallest absolute Gasteiger partial charge is 0.257 e. The van der Waals surface area contributed by atoms with Crippen molar-refractivity contribution < 1.29 is 23.1 Å². The number of benzene rings is 3. The van der Waals surface area contributed by atoms with Gasteiger partial charge >= 0.3 is 0 Å². The zero-order valence-electron chi connectivity index (χ0n) is 21.5. The third kappa shape index (κ3) is 8.13. The second-order valence-electron chi connectivity index (χ2n) is 9.80. The zero-order valence-corrected chi connectivity index (χ0v) is 21.5. The molecule has 5 nitrogen and oxygen atoms in total. The predicted molar refractivity (Wildman–Crippen MR) is 143 cm³/mol. The van der Waals surface area contributed by atoms with Gasteiger partial charge in [-0.25, -0.2) is 8.78 Å². The van der Waals surface area contributed by atoms with Crippen molar-refractivity contribution in [3.05, 3.63) is 102 Å². The number of halogens is 2. The molecule has 0 aliphatic carbocycles. The van der Waals surface area contributed by atoms with Crippen LogP contribution in [-0.4, -0.2) is 43.0 Å². The molecule has 0 bridgehead atoms. The van der Waals surface area contributed by atoms with Crippen LogP contribution in [0, 0.1) is 17.6 Å². The molecule has 1 saturated heterocycles. The van der Waals surface area contributed by atoms with E-state index >= 15 is 0 Å². The Kier molecular flexibility index (Phi) is 9.84. The fourth-order valence-corrected chi connectivity index (χ4v) is 4.90. The first-order valence-corrected chi connectivity index (χ1v) is 13.2. The molecule has 1 unspecified atom stereocenters. The Bertz CT molecular complexity index is 1120. The molecule has 4 rings (SSSR count). The van der Waals surface area contributed by atoms with E-state index in [4.69, 9.17) is 4.74 Å². The Balaban J connectivity index is 1.18. The number of carbonyl (C=O) groups is 2. The number of nitrogens with one attached hydrogen (secondary N) is 1. The third-order valence-corrected chi connectivity index (χ3v) is 7.02. The van der Waals surface area contributed by atoms with Crippen LogP contribution in [0.2, 0.25) is 0 Å². The molecule has 1 fully saturated rings. The van der Waals surface area contributed by atoms with Crippen LogP contribution in [0.25, 0.3) is 0 Å². The van der Waals surface area contributed by atoms with E-state index in [1.54, 1.807) is 36.4 Å². The van der Waals surface area contributed by atoms with E-state index < -0.39 is 0 Å². The first-order chi connectivity index (χ1) is 18.5. The Morgan fingerprint density at radius 1 is 0.895 bits per heavy atom. The van der Waals surface area contributed by atoms with Gasteiger partial charge in [-0.15, -0.1) is 0 Å². The van der Waals surface area contributed by atoms with Crippen molar-refractivity contribution in [1.82, 2.24) is 10.2 Å². The second-order valence-corrected chi connectivity index (χ2v) is 9.80. The van der Waals surface area contributed by atoms with Crippen LogP contribution in [0.3, 0.4) is 0 Å². The van der Waals surface area contributed by atoms with Crippen molar-refractivity contribution in [2.24, 2.45) is 5.92 Å². The first kappa shape index (κ1) is 27.3. The van der Waals surface area contributed by atoms with Crippen molar-refractivity contribution in [1.29, 1.82) is 0 Å². The summed E-state index contributed by atoms with van der Waals surface area (Å²) in [6.45, 7) is 1.84. The molecule has 1 aliphatic rings. The molecule has 7 heteroatoms. The Labute approximate surface area is 222 Å². The number of hydrogen-bond acceptors (Lipinski definition) is 3. The lowest BCUT2D eigenvalue weighted by Gasteiger charge is -2.19. The Hall–Kier alpha value is -3.74. The number of unbranched alkanes of at least 4 members (excludes halogenated alkanes) is 1. The van der Waals surface area contributed by atoms with Crippen molar-refractivity contribution in [3.63, 3.8) is 0 Å². The summed E-state index contributed by atoms with van der Waals surface area (Å²) in [6, 6.07) is 22.1. The molecule has 0 saturated carbocycles. The van der Waals surface area contributed by atoms with Gasteiger partial charge in [-0.05, 0) is 72.7 Å². The minimum atomic E-state index is -0.291. The molecule has 1 N–H and O–H groups in total. The van der Waals surface area contributed by atoms with Crippen LogP contribution in [0.5, 0.6) is 5.75 Å². The average molecular weight is 521 g/mol. The number of para-hydroxylation sites is 1. The quantitative estimate of drug-likeness (QED) is 0.312. The van der Waals surface area contributed by atoms with Gasteiger partial charge in [-0.1, -0.05) is 48.9 Å². The molecule has 3 aromatic carbocycles. The lowest BCUT2D eigenvalue weighted by Crippen LogP contribution is -2.35. The Morgan fingerprint density at radius 3 is 2.16 bits per heavy atom. The van der Waals surface area contributed by atoms with E-state index in [1.165, 1.54) is 24.3 Å². The summed E-state index contributed by atoms with van der Waals surface area (Å²) in [6.07, 6.45) is 3.67. The topological polar surface area (TPSA) is 58.6 Å². The van der Waals surface area contributed by atoms with Crippen LogP contribution in [0.15, 0.2) is 78.9 Å². The van der Waals surface area contributed by atoms with E-state index in [9.17, 15) is 18.4 Å². The SMILES string of the molecule is O=C(COc1ccccc1)NCC1CCN(C(=O)CCCCC(c2ccc(F)cc2)c2ccc(F)cc2)C1. The number of rotatable bonds is 12. The van der Waals surface area contributed by atoms with Gasteiger partial charge in [0, 0.05) is 32.0 Å². The highest BCUT2D eigenvalue weighted by atomic mass is 19.1. The summed E-state index contributed by atoms with van der Waals surface area (Å²) < 4.78 is 32.4. The van der Waals surface area contributed by atoms with Gasteiger partial charge in [0.15, 0.2) is 6.61 Å². The van der Waals surface area contributed by atoms with Gasteiger partial charge in [0.25, 0.3) is 5.91 Å². The number of likely N-dealkylation sites (tertiary alicyclic amines) is 1. The molecular formula is C31H34F2N2O3. The van der Waals surface area contributed by atoms with Crippen molar-refractivity contribution >= 4 is 11.8 Å².